The normalized spacial score (nSPS) is 14.4. The molecular weight excluding hydrogens is 480 g/mol. The maximum absolute atomic E-state index is 13.2. The quantitative estimate of drug-likeness (QED) is 0.0589. The Hall–Kier alpha value is -2.93. The minimum absolute atomic E-state index is 0.0234. The van der Waals surface area contributed by atoms with Crippen molar-refractivity contribution in [2.24, 2.45) is 39.8 Å². The summed E-state index contributed by atoms with van der Waals surface area (Å²) < 4.78 is 0. The van der Waals surface area contributed by atoms with Gasteiger partial charge in [-0.05, 0) is 56.9 Å². The minimum atomic E-state index is -1.15. The molecule has 0 aliphatic carbocycles. The number of hydrogen-bond acceptors (Lipinski definition) is 7. The second kappa shape index (κ2) is 18.3. The molecule has 0 aliphatic heterocycles. The average Bonchev–Trinajstić information content (AvgIpc) is 2.79. The first kappa shape index (κ1) is 34.1. The van der Waals surface area contributed by atoms with E-state index in [4.69, 9.17) is 22.9 Å². The van der Waals surface area contributed by atoms with Crippen molar-refractivity contribution in [3.8, 4) is 0 Å². The Bertz CT molecular complexity index is 755. The molecule has 0 aromatic rings. The molecule has 214 valence electrons. The fraction of sp³-hybridized carbons (Fsp3) is 0.792. The van der Waals surface area contributed by atoms with E-state index < -0.39 is 47.9 Å². The van der Waals surface area contributed by atoms with E-state index in [2.05, 4.69) is 20.9 Å². The van der Waals surface area contributed by atoms with E-state index in [-0.39, 0.29) is 43.6 Å². The van der Waals surface area contributed by atoms with E-state index >= 15 is 0 Å². The van der Waals surface area contributed by atoms with Gasteiger partial charge < -0.3 is 44.0 Å². The number of nitrogens with zero attached hydrogens (tertiary/aromatic N) is 1. The van der Waals surface area contributed by atoms with Gasteiger partial charge in [0.25, 0.3) is 0 Å². The van der Waals surface area contributed by atoms with Crippen molar-refractivity contribution in [3.63, 3.8) is 0 Å². The average molecular weight is 529 g/mol. The Balaban J connectivity index is 5.57. The van der Waals surface area contributed by atoms with Crippen LogP contribution in [0, 0.1) is 11.8 Å². The van der Waals surface area contributed by atoms with Crippen molar-refractivity contribution >= 4 is 29.7 Å². The second-order valence-corrected chi connectivity index (χ2v) is 10.1. The predicted molar refractivity (Wildman–Crippen MR) is 143 cm³/mol. The number of aliphatic carboxylic acids is 1. The molecule has 0 aromatic heterocycles. The van der Waals surface area contributed by atoms with Gasteiger partial charge in [-0.25, -0.2) is 4.79 Å². The molecule has 0 saturated carbocycles. The molecular formula is C24H48N8O5. The van der Waals surface area contributed by atoms with E-state index in [1.807, 2.05) is 27.7 Å². The fourth-order valence-corrected chi connectivity index (χ4v) is 3.63. The van der Waals surface area contributed by atoms with Crippen molar-refractivity contribution in [1.29, 1.82) is 0 Å². The van der Waals surface area contributed by atoms with Crippen molar-refractivity contribution < 1.29 is 24.3 Å². The smallest absolute Gasteiger partial charge is 0.326 e. The lowest BCUT2D eigenvalue weighted by atomic mass is 10.00. The van der Waals surface area contributed by atoms with E-state index in [1.54, 1.807) is 0 Å². The highest BCUT2D eigenvalue weighted by Crippen LogP contribution is 2.10. The number of unbranched alkanes of at least 4 members (excludes halogenated alkanes) is 1. The molecule has 4 atom stereocenters. The van der Waals surface area contributed by atoms with Gasteiger partial charge in [-0.15, -0.1) is 0 Å². The molecule has 0 spiro atoms. The molecule has 13 heteroatoms. The van der Waals surface area contributed by atoms with Crippen LogP contribution in [0.25, 0.3) is 0 Å². The zero-order valence-electron chi connectivity index (χ0n) is 22.7. The summed E-state index contributed by atoms with van der Waals surface area (Å²) in [5.74, 6) is -2.84. The third kappa shape index (κ3) is 15.7. The number of carboxylic acid groups (broad SMARTS) is 1. The van der Waals surface area contributed by atoms with Gasteiger partial charge in [0, 0.05) is 6.54 Å². The minimum Gasteiger partial charge on any atom is -0.480 e. The maximum atomic E-state index is 13.2. The van der Waals surface area contributed by atoms with Crippen molar-refractivity contribution in [2.45, 2.75) is 96.8 Å². The molecule has 0 rings (SSSR count). The number of guanidine groups is 1. The van der Waals surface area contributed by atoms with Crippen LogP contribution in [0.5, 0.6) is 0 Å². The first-order valence-electron chi connectivity index (χ1n) is 12.9. The topological polar surface area (TPSA) is 241 Å². The number of carbonyl (C=O) groups is 4. The summed E-state index contributed by atoms with van der Waals surface area (Å²) in [7, 11) is 0. The highest BCUT2D eigenvalue weighted by Gasteiger charge is 2.30. The van der Waals surface area contributed by atoms with Gasteiger partial charge in [0.15, 0.2) is 5.96 Å². The first-order valence-corrected chi connectivity index (χ1v) is 12.9. The summed E-state index contributed by atoms with van der Waals surface area (Å²) in [5.41, 5.74) is 22.2. The zero-order valence-corrected chi connectivity index (χ0v) is 22.7. The molecule has 0 radical (unpaired) electrons. The highest BCUT2D eigenvalue weighted by molar-refractivity contribution is 5.94. The molecule has 3 amide bonds. The third-order valence-electron chi connectivity index (χ3n) is 5.55. The molecule has 0 heterocycles. The van der Waals surface area contributed by atoms with Crippen LogP contribution < -0.4 is 38.9 Å². The number of carboxylic acids is 1. The molecule has 0 aliphatic rings. The standard InChI is InChI=1S/C24H48N8O5/c1-14(2)12-18(22(35)32-19(23(36)37)13-15(3)4)31-21(34)17(9-7-11-29-24(27)28)30-20(33)16(26)8-5-6-10-25/h14-19H,5-13,25-26H2,1-4H3,(H,30,33)(H,31,34)(H,32,35)(H,36,37)(H4,27,28,29). The van der Waals surface area contributed by atoms with Crippen LogP contribution >= 0.6 is 0 Å². The number of amides is 3. The van der Waals surface area contributed by atoms with Gasteiger partial charge >= 0.3 is 5.97 Å². The third-order valence-corrected chi connectivity index (χ3v) is 5.55. The van der Waals surface area contributed by atoms with E-state index in [9.17, 15) is 24.3 Å². The van der Waals surface area contributed by atoms with Gasteiger partial charge in [-0.1, -0.05) is 34.1 Å². The van der Waals surface area contributed by atoms with Gasteiger partial charge in [-0.2, -0.15) is 0 Å². The summed E-state index contributed by atoms with van der Waals surface area (Å²) in [4.78, 5) is 54.4. The summed E-state index contributed by atoms with van der Waals surface area (Å²) in [5, 5.41) is 17.4. The van der Waals surface area contributed by atoms with Crippen LogP contribution in [-0.4, -0.2) is 72.0 Å². The number of nitrogens with two attached hydrogens (primary N) is 4. The van der Waals surface area contributed by atoms with Crippen LogP contribution in [0.2, 0.25) is 0 Å². The fourth-order valence-electron chi connectivity index (χ4n) is 3.63. The number of aliphatic imine (C=N–C) groups is 1. The highest BCUT2D eigenvalue weighted by atomic mass is 16.4. The van der Waals surface area contributed by atoms with Gasteiger partial charge in [-0.3, -0.25) is 19.4 Å². The summed E-state index contributed by atoms with van der Waals surface area (Å²) >= 11 is 0. The molecule has 37 heavy (non-hydrogen) atoms. The lowest BCUT2D eigenvalue weighted by molar-refractivity contribution is -0.143. The Morgan fingerprint density at radius 2 is 1.27 bits per heavy atom. The summed E-state index contributed by atoms with van der Waals surface area (Å²) in [6, 6.07) is -3.88. The van der Waals surface area contributed by atoms with Crippen molar-refractivity contribution in [3.05, 3.63) is 0 Å². The molecule has 13 nitrogen and oxygen atoms in total. The van der Waals surface area contributed by atoms with E-state index in [1.165, 1.54) is 0 Å². The van der Waals surface area contributed by atoms with Crippen LogP contribution in [0.1, 0.15) is 72.6 Å². The Labute approximate surface area is 219 Å². The Morgan fingerprint density at radius 3 is 1.78 bits per heavy atom. The molecule has 4 unspecified atom stereocenters. The Morgan fingerprint density at radius 1 is 0.757 bits per heavy atom. The molecule has 0 saturated heterocycles. The SMILES string of the molecule is CC(C)CC(NC(=O)C(CC(C)C)NC(=O)C(CCCN=C(N)N)NC(=O)C(N)CCCCN)C(=O)O. The molecule has 0 bridgehead atoms. The van der Waals surface area contributed by atoms with Gasteiger partial charge in [0.2, 0.25) is 17.7 Å². The second-order valence-electron chi connectivity index (χ2n) is 10.1. The molecule has 0 aromatic carbocycles. The van der Waals surface area contributed by atoms with Crippen LogP contribution in [0.3, 0.4) is 0 Å². The van der Waals surface area contributed by atoms with Crippen LogP contribution in [0.15, 0.2) is 4.99 Å². The summed E-state index contributed by atoms with van der Waals surface area (Å²) in [6.45, 7) is 8.20. The van der Waals surface area contributed by atoms with Crippen molar-refractivity contribution in [1.82, 2.24) is 16.0 Å². The lowest BCUT2D eigenvalue weighted by Crippen LogP contribution is -2.57. The first-order chi connectivity index (χ1) is 17.3. The van der Waals surface area contributed by atoms with E-state index in [0.717, 1.165) is 6.42 Å². The number of carbonyl (C=O) groups excluding carboxylic acids is 3. The summed E-state index contributed by atoms with van der Waals surface area (Å²) in [6.07, 6.45) is 2.91. The number of nitrogens with one attached hydrogen (secondary N) is 3. The molecule has 12 N–H and O–H groups in total. The number of hydrogen-bond donors (Lipinski definition) is 8. The Kier molecular flexibility index (Phi) is 16.9. The largest absolute Gasteiger partial charge is 0.480 e. The lowest BCUT2D eigenvalue weighted by Gasteiger charge is -2.26. The number of rotatable bonds is 19. The van der Waals surface area contributed by atoms with E-state index in [0.29, 0.717) is 25.8 Å². The zero-order chi connectivity index (χ0) is 28.5. The van der Waals surface area contributed by atoms with Crippen LogP contribution in [0.4, 0.5) is 0 Å². The predicted octanol–water partition coefficient (Wildman–Crippen LogP) is -0.872. The van der Waals surface area contributed by atoms with Crippen LogP contribution in [-0.2, 0) is 19.2 Å². The van der Waals surface area contributed by atoms with Crippen molar-refractivity contribution in [2.75, 3.05) is 13.1 Å². The van der Waals surface area contributed by atoms with Gasteiger partial charge in [0.05, 0.1) is 6.04 Å². The monoisotopic (exact) mass is 528 g/mol. The maximum Gasteiger partial charge on any atom is 0.326 e. The van der Waals surface area contributed by atoms with Gasteiger partial charge in [0.1, 0.15) is 18.1 Å². The molecule has 0 fully saturated rings.